The Kier molecular flexibility index (Phi) is 2.37. The fraction of sp³-hybridized carbons (Fsp3) is 0.556. The number of fused-ring (bicyclic) bond motifs is 2. The van der Waals surface area contributed by atoms with Crippen LogP contribution in [-0.4, -0.2) is 0 Å². The van der Waals surface area contributed by atoms with Gasteiger partial charge in [-0.3, -0.25) is 0 Å². The van der Waals surface area contributed by atoms with E-state index in [-0.39, 0.29) is 3.17 Å². The minimum absolute atomic E-state index is 0.0532. The van der Waals surface area contributed by atoms with Crippen LogP contribution in [0.25, 0.3) is 6.08 Å². The van der Waals surface area contributed by atoms with E-state index in [1.165, 1.54) is 18.4 Å². The molecule has 1 heteroatoms. The van der Waals surface area contributed by atoms with E-state index in [0.29, 0.717) is 9.09 Å². The first kappa shape index (κ1) is 20.6. The van der Waals surface area contributed by atoms with Crippen molar-refractivity contribution >= 4 is 6.08 Å². The van der Waals surface area contributed by atoms with Crippen molar-refractivity contribution in [3.8, 4) is 0 Å². The molecule has 28 heavy (non-hydrogen) atoms. The van der Waals surface area contributed by atoms with Crippen LogP contribution >= 0.6 is 0 Å². The first-order valence-electron chi connectivity index (χ1n) is 11.4. The van der Waals surface area contributed by atoms with Gasteiger partial charge in [-0.05, 0) is 0 Å². The van der Waals surface area contributed by atoms with Crippen LogP contribution in [-0.2, 0) is 28.6 Å². The molecule has 0 N–H and O–H groups in total. The quantitative estimate of drug-likeness (QED) is 0.325. The summed E-state index contributed by atoms with van der Waals surface area (Å²) < 4.78 is 19.2. The average molecular weight is 546 g/mol. The normalized spacial score (nSPS) is 33.1. The molecule has 0 radical (unpaired) electrons. The molecule has 1 unspecified atom stereocenters. The Balaban J connectivity index is 2.13. The SMILES string of the molecule is CC1(C)Cc2cc3c(cc2C1)[C](C)([Hf]([CH3])([CH3])([CH3])([CH3])([CH3])([CH3])([CH3])[CH]1C=CC=C1)C=C3. The summed E-state index contributed by atoms with van der Waals surface area (Å²) in [5, 5.41) is 0. The van der Waals surface area contributed by atoms with E-state index in [1.54, 1.807) is 16.7 Å². The molecular weight excluding hydrogens is 503 g/mol. The molecule has 0 bridgehead atoms. The summed E-state index contributed by atoms with van der Waals surface area (Å²) >= 11 is -5.48. The molecule has 4 rings (SSSR count). The van der Waals surface area contributed by atoms with Crippen molar-refractivity contribution < 1.29 is 12.6 Å². The fourth-order valence-electron chi connectivity index (χ4n) is 6.94. The van der Waals surface area contributed by atoms with Crippen molar-refractivity contribution in [2.45, 2.75) is 73.2 Å². The standard InChI is InChI=1S/C15H17.C5H5.7CH3.Hf/c1-10-4-5-11-6-12-8-15(2,3)9-13(12)7-14(10)11;1-2-4-5-3-1;;;;;;;;/h4-7H,8-9H2,1-3H3;1-5H;7*1H3;. The van der Waals surface area contributed by atoms with Crippen LogP contribution in [0.1, 0.15) is 43.0 Å². The van der Waals surface area contributed by atoms with Crippen molar-refractivity contribution in [2.24, 2.45) is 5.41 Å². The predicted octanol–water partition coefficient (Wildman–Crippen LogP) is 9.14. The van der Waals surface area contributed by atoms with E-state index in [2.05, 4.69) is 102 Å². The number of rotatable bonds is 2. The zero-order valence-corrected chi connectivity index (χ0v) is 23.7. The Hall–Kier alpha value is -0.690. The van der Waals surface area contributed by atoms with Crippen LogP contribution in [0.5, 0.6) is 0 Å². The Morgan fingerprint density at radius 3 is 1.82 bits per heavy atom. The number of hydrogen-bond acceptors (Lipinski definition) is 0. The Morgan fingerprint density at radius 1 is 0.786 bits per heavy atom. The van der Waals surface area contributed by atoms with E-state index in [4.69, 9.17) is 0 Å². The van der Waals surface area contributed by atoms with Gasteiger partial charge in [0, 0.05) is 0 Å². The summed E-state index contributed by atoms with van der Waals surface area (Å²) in [5.41, 5.74) is 6.53. The molecule has 3 aliphatic carbocycles. The maximum atomic E-state index is 2.70. The zero-order chi connectivity index (χ0) is 21.3. The second-order valence-electron chi connectivity index (χ2n) is 22.0. The fourth-order valence-corrected chi connectivity index (χ4v) is 33.5. The first-order valence-corrected chi connectivity index (χ1v) is 40.5. The van der Waals surface area contributed by atoms with Crippen molar-refractivity contribution in [3.63, 3.8) is 0 Å². The van der Waals surface area contributed by atoms with Gasteiger partial charge in [-0.25, -0.2) is 0 Å². The third-order valence-electron chi connectivity index (χ3n) is 11.0. The van der Waals surface area contributed by atoms with Crippen LogP contribution in [0.15, 0.2) is 42.5 Å². The van der Waals surface area contributed by atoms with Gasteiger partial charge in [0.1, 0.15) is 0 Å². The summed E-state index contributed by atoms with van der Waals surface area (Å²) in [5.74, 6) is 0. The molecule has 0 saturated heterocycles. The molecule has 0 spiro atoms. The molecule has 1 aromatic carbocycles. The number of hydrogen-bond donors (Lipinski definition) is 0. The van der Waals surface area contributed by atoms with Crippen LogP contribution in [0.3, 0.4) is 0 Å². The molecule has 0 saturated carbocycles. The molecule has 1 aromatic rings. The van der Waals surface area contributed by atoms with Crippen molar-refractivity contribution in [1.82, 2.24) is 0 Å². The molecule has 155 valence electrons. The summed E-state index contributed by atoms with van der Waals surface area (Å²) in [4.78, 5) is 0. The molecule has 3 aliphatic rings. The van der Waals surface area contributed by atoms with Gasteiger partial charge in [-0.2, -0.15) is 0 Å². The van der Waals surface area contributed by atoms with Gasteiger partial charge in [0.05, 0.1) is 0 Å². The molecule has 0 amide bonds. The van der Waals surface area contributed by atoms with E-state index in [9.17, 15) is 0 Å². The molecule has 0 aliphatic heterocycles. The van der Waals surface area contributed by atoms with Crippen LogP contribution in [0.2, 0.25) is 36.4 Å². The van der Waals surface area contributed by atoms with Crippen LogP contribution < -0.4 is 0 Å². The summed E-state index contributed by atoms with van der Waals surface area (Å²) in [6, 6.07) is 5.11. The Morgan fingerprint density at radius 2 is 1.29 bits per heavy atom. The molecular formula is C27H43Hf. The predicted molar refractivity (Wildman–Crippen MR) is 127 cm³/mol. The second kappa shape index (κ2) is 3.22. The molecule has 0 aromatic heterocycles. The van der Waals surface area contributed by atoms with Gasteiger partial charge < -0.3 is 0 Å². The molecule has 0 fully saturated rings. The number of allylic oxidation sites excluding steroid dienone is 5. The van der Waals surface area contributed by atoms with E-state index < -0.39 is 12.6 Å². The second-order valence-corrected chi connectivity index (χ2v) is 132. The third-order valence-corrected chi connectivity index (χ3v) is 60.2. The molecule has 1 atom stereocenters. The van der Waals surface area contributed by atoms with E-state index in [0.717, 1.165) is 0 Å². The number of benzene rings is 1. The van der Waals surface area contributed by atoms with Crippen molar-refractivity contribution in [3.05, 3.63) is 64.8 Å². The van der Waals surface area contributed by atoms with Gasteiger partial charge in [0.25, 0.3) is 0 Å². The maximum absolute atomic E-state index is 5.48. The zero-order valence-electron chi connectivity index (χ0n) is 20.1. The Bertz CT molecular complexity index is 1090. The topological polar surface area (TPSA) is 0 Å². The van der Waals surface area contributed by atoms with E-state index >= 15 is 0 Å². The van der Waals surface area contributed by atoms with Crippen molar-refractivity contribution in [2.75, 3.05) is 0 Å². The van der Waals surface area contributed by atoms with Gasteiger partial charge >= 0.3 is 162 Å². The molecule has 0 nitrogen and oxygen atoms in total. The van der Waals surface area contributed by atoms with Gasteiger partial charge in [-0.1, -0.05) is 0 Å². The summed E-state index contributed by atoms with van der Waals surface area (Å²) in [7, 11) is 0. The minimum atomic E-state index is -5.48. The van der Waals surface area contributed by atoms with Crippen LogP contribution in [0, 0.1) is 5.41 Å². The molecule has 0 heterocycles. The third kappa shape index (κ3) is 2.10. The Labute approximate surface area is 161 Å². The van der Waals surface area contributed by atoms with Gasteiger partial charge in [0.2, 0.25) is 0 Å². The average Bonchev–Trinajstić information content (AvgIpc) is 3.12. The summed E-state index contributed by atoms with van der Waals surface area (Å²) in [6.45, 7) is 7.38. The first-order chi connectivity index (χ1) is 11.9. The van der Waals surface area contributed by atoms with Crippen molar-refractivity contribution in [1.29, 1.82) is 0 Å². The van der Waals surface area contributed by atoms with Crippen LogP contribution in [0.4, 0.5) is 0 Å². The van der Waals surface area contributed by atoms with Gasteiger partial charge in [0.15, 0.2) is 0 Å². The monoisotopic (exact) mass is 547 g/mol. The van der Waals surface area contributed by atoms with E-state index in [1.807, 2.05) is 0 Å². The summed E-state index contributed by atoms with van der Waals surface area (Å²) in [6.07, 6.45) is 16.9. The van der Waals surface area contributed by atoms with Gasteiger partial charge in [-0.15, -0.1) is 0 Å².